The van der Waals surface area contributed by atoms with Gasteiger partial charge in [0.25, 0.3) is 5.91 Å². The van der Waals surface area contributed by atoms with Crippen LogP contribution in [0.25, 0.3) is 11.3 Å². The molecule has 1 aromatic carbocycles. The SMILES string of the molecule is COCCOCCCNC(=O)c1cc(-c2cccc(Cl)c2)no1. The number of nitrogens with one attached hydrogen (secondary N) is 1. The van der Waals surface area contributed by atoms with Gasteiger partial charge in [-0.3, -0.25) is 4.79 Å². The van der Waals surface area contributed by atoms with E-state index in [1.165, 1.54) is 0 Å². The van der Waals surface area contributed by atoms with Crippen LogP contribution in [0.4, 0.5) is 0 Å². The summed E-state index contributed by atoms with van der Waals surface area (Å²) >= 11 is 5.94. The highest BCUT2D eigenvalue weighted by molar-refractivity contribution is 6.30. The molecule has 0 spiro atoms. The topological polar surface area (TPSA) is 73.6 Å². The second-order valence-corrected chi connectivity index (χ2v) is 5.24. The van der Waals surface area contributed by atoms with Crippen LogP contribution in [-0.2, 0) is 9.47 Å². The van der Waals surface area contributed by atoms with Crippen molar-refractivity contribution in [1.29, 1.82) is 0 Å². The third kappa shape index (κ3) is 5.67. The number of halogens is 1. The van der Waals surface area contributed by atoms with E-state index in [-0.39, 0.29) is 11.7 Å². The number of rotatable bonds is 9. The van der Waals surface area contributed by atoms with Crippen LogP contribution < -0.4 is 5.32 Å². The molecule has 0 atom stereocenters. The molecule has 2 aromatic rings. The summed E-state index contributed by atoms with van der Waals surface area (Å²) in [6.07, 6.45) is 0.713. The van der Waals surface area contributed by atoms with Gasteiger partial charge in [-0.05, 0) is 18.6 Å². The highest BCUT2D eigenvalue weighted by atomic mass is 35.5. The molecule has 1 N–H and O–H groups in total. The Labute approximate surface area is 139 Å². The molecule has 1 heterocycles. The molecular formula is C16H19ClN2O4. The summed E-state index contributed by atoms with van der Waals surface area (Å²) in [5, 5.41) is 7.25. The number of hydrogen-bond acceptors (Lipinski definition) is 5. The smallest absolute Gasteiger partial charge is 0.289 e. The standard InChI is InChI=1S/C16H19ClN2O4/c1-21-8-9-22-7-3-6-18-16(20)15-11-14(19-23-15)12-4-2-5-13(17)10-12/h2,4-5,10-11H,3,6-9H2,1H3,(H,18,20). The lowest BCUT2D eigenvalue weighted by molar-refractivity contribution is 0.0686. The van der Waals surface area contributed by atoms with Gasteiger partial charge in [0.1, 0.15) is 5.69 Å². The number of carbonyl (C=O) groups is 1. The molecule has 0 unspecified atom stereocenters. The maximum absolute atomic E-state index is 12.0. The summed E-state index contributed by atoms with van der Waals surface area (Å²) < 4.78 is 15.3. The molecule has 0 radical (unpaired) electrons. The molecule has 7 heteroatoms. The largest absolute Gasteiger partial charge is 0.382 e. The van der Waals surface area contributed by atoms with E-state index >= 15 is 0 Å². The van der Waals surface area contributed by atoms with E-state index in [1.54, 1.807) is 25.3 Å². The van der Waals surface area contributed by atoms with Crippen molar-refractivity contribution < 1.29 is 18.8 Å². The normalized spacial score (nSPS) is 10.7. The summed E-state index contributed by atoms with van der Waals surface area (Å²) in [5.41, 5.74) is 1.37. The van der Waals surface area contributed by atoms with E-state index < -0.39 is 0 Å². The van der Waals surface area contributed by atoms with Gasteiger partial charge in [-0.25, -0.2) is 0 Å². The molecule has 1 amide bonds. The van der Waals surface area contributed by atoms with Crippen LogP contribution in [0.2, 0.25) is 5.02 Å². The summed E-state index contributed by atoms with van der Waals surface area (Å²) in [5.74, 6) is -0.136. The Morgan fingerprint density at radius 1 is 1.30 bits per heavy atom. The highest BCUT2D eigenvalue weighted by Crippen LogP contribution is 2.22. The van der Waals surface area contributed by atoms with Crippen molar-refractivity contribution in [3.63, 3.8) is 0 Å². The van der Waals surface area contributed by atoms with Crippen LogP contribution in [0.1, 0.15) is 17.0 Å². The van der Waals surface area contributed by atoms with Crippen molar-refractivity contribution in [2.75, 3.05) is 33.5 Å². The van der Waals surface area contributed by atoms with Crippen molar-refractivity contribution in [3.05, 3.63) is 41.1 Å². The number of nitrogens with zero attached hydrogens (tertiary/aromatic N) is 1. The first-order valence-corrected chi connectivity index (χ1v) is 7.66. The van der Waals surface area contributed by atoms with Crippen LogP contribution >= 0.6 is 11.6 Å². The Morgan fingerprint density at radius 3 is 2.96 bits per heavy atom. The average molecular weight is 339 g/mol. The average Bonchev–Trinajstić information content (AvgIpc) is 3.04. The minimum Gasteiger partial charge on any atom is -0.382 e. The predicted octanol–water partition coefficient (Wildman–Crippen LogP) is 2.78. The van der Waals surface area contributed by atoms with Gasteiger partial charge in [0.05, 0.1) is 13.2 Å². The molecule has 6 nitrogen and oxygen atoms in total. The first-order chi connectivity index (χ1) is 11.2. The van der Waals surface area contributed by atoms with Crippen molar-refractivity contribution in [2.45, 2.75) is 6.42 Å². The van der Waals surface area contributed by atoms with E-state index in [2.05, 4.69) is 10.5 Å². The number of aromatic nitrogens is 1. The van der Waals surface area contributed by atoms with Crippen LogP contribution in [0.3, 0.4) is 0 Å². The molecule has 0 aliphatic heterocycles. The molecule has 0 saturated carbocycles. The molecule has 23 heavy (non-hydrogen) atoms. The number of methoxy groups -OCH3 is 1. The fourth-order valence-corrected chi connectivity index (χ4v) is 2.06. The molecule has 0 bridgehead atoms. The van der Waals surface area contributed by atoms with Gasteiger partial charge in [-0.15, -0.1) is 0 Å². The molecule has 124 valence electrons. The fourth-order valence-electron chi connectivity index (χ4n) is 1.87. The number of carbonyl (C=O) groups excluding carboxylic acids is 1. The Kier molecular flexibility index (Phi) is 7.06. The fraction of sp³-hybridized carbons (Fsp3) is 0.375. The second kappa shape index (κ2) is 9.29. The molecule has 0 aliphatic carbocycles. The summed E-state index contributed by atoms with van der Waals surface area (Å²) in [7, 11) is 1.62. The van der Waals surface area contributed by atoms with Gasteiger partial charge in [0.15, 0.2) is 0 Å². The Morgan fingerprint density at radius 2 is 2.17 bits per heavy atom. The Bertz CT molecular complexity index is 630. The van der Waals surface area contributed by atoms with Crippen molar-refractivity contribution >= 4 is 17.5 Å². The number of benzene rings is 1. The maximum atomic E-state index is 12.0. The van der Waals surface area contributed by atoms with Gasteiger partial charge in [0.2, 0.25) is 5.76 Å². The lowest BCUT2D eigenvalue weighted by Gasteiger charge is -2.04. The zero-order valence-electron chi connectivity index (χ0n) is 12.9. The first kappa shape index (κ1) is 17.5. The van der Waals surface area contributed by atoms with Crippen molar-refractivity contribution in [3.8, 4) is 11.3 Å². The number of ether oxygens (including phenoxy) is 2. The third-order valence-electron chi connectivity index (χ3n) is 3.04. The molecule has 0 saturated heterocycles. The van der Waals surface area contributed by atoms with E-state index in [4.69, 9.17) is 25.6 Å². The van der Waals surface area contributed by atoms with Gasteiger partial charge in [-0.2, -0.15) is 0 Å². The number of hydrogen-bond donors (Lipinski definition) is 1. The van der Waals surface area contributed by atoms with Crippen LogP contribution in [0.15, 0.2) is 34.9 Å². The minimum absolute atomic E-state index is 0.167. The van der Waals surface area contributed by atoms with Crippen LogP contribution in [0, 0.1) is 0 Å². The molecule has 0 aliphatic rings. The Hall–Kier alpha value is -1.89. The monoisotopic (exact) mass is 338 g/mol. The predicted molar refractivity (Wildman–Crippen MR) is 86.6 cm³/mol. The van der Waals surface area contributed by atoms with Crippen LogP contribution in [-0.4, -0.2) is 44.5 Å². The van der Waals surface area contributed by atoms with Gasteiger partial charge < -0.3 is 19.3 Å². The lowest BCUT2D eigenvalue weighted by Crippen LogP contribution is -2.25. The summed E-state index contributed by atoms with van der Waals surface area (Å²) in [6, 6.07) is 8.79. The Balaban J connectivity index is 1.78. The third-order valence-corrected chi connectivity index (χ3v) is 3.27. The van der Waals surface area contributed by atoms with Crippen molar-refractivity contribution in [2.24, 2.45) is 0 Å². The molecule has 1 aromatic heterocycles. The van der Waals surface area contributed by atoms with Gasteiger partial charge in [-0.1, -0.05) is 28.9 Å². The van der Waals surface area contributed by atoms with E-state index in [0.717, 1.165) is 5.56 Å². The minimum atomic E-state index is -0.303. The number of amides is 1. The van der Waals surface area contributed by atoms with E-state index in [0.29, 0.717) is 43.5 Å². The van der Waals surface area contributed by atoms with E-state index in [1.807, 2.05) is 12.1 Å². The van der Waals surface area contributed by atoms with Crippen LogP contribution in [0.5, 0.6) is 0 Å². The van der Waals surface area contributed by atoms with Gasteiger partial charge in [0, 0.05) is 36.9 Å². The maximum Gasteiger partial charge on any atom is 0.289 e. The van der Waals surface area contributed by atoms with E-state index in [9.17, 15) is 4.79 Å². The lowest BCUT2D eigenvalue weighted by atomic mass is 10.1. The molecule has 2 rings (SSSR count). The summed E-state index contributed by atoms with van der Waals surface area (Å²) in [6.45, 7) is 2.18. The quantitative estimate of drug-likeness (QED) is 0.712. The zero-order valence-corrected chi connectivity index (χ0v) is 13.6. The van der Waals surface area contributed by atoms with Crippen molar-refractivity contribution in [1.82, 2.24) is 10.5 Å². The second-order valence-electron chi connectivity index (χ2n) is 4.80. The zero-order chi connectivity index (χ0) is 16.5. The summed E-state index contributed by atoms with van der Waals surface area (Å²) in [4.78, 5) is 12.0. The highest BCUT2D eigenvalue weighted by Gasteiger charge is 2.13. The molecule has 0 fully saturated rings. The molecular weight excluding hydrogens is 320 g/mol. The van der Waals surface area contributed by atoms with Gasteiger partial charge >= 0.3 is 0 Å². The first-order valence-electron chi connectivity index (χ1n) is 7.28.